The van der Waals surface area contributed by atoms with E-state index in [9.17, 15) is 0 Å². The number of aryl methyl sites for hydroxylation is 1. The number of ether oxygens (including phenoxy) is 1. The van der Waals surface area contributed by atoms with E-state index >= 15 is 0 Å². The minimum absolute atomic E-state index is 0.408. The van der Waals surface area contributed by atoms with Gasteiger partial charge < -0.3 is 15.0 Å². The standard InChI is InChI=1S/C16H22N4O/c1-12-18-19-16(20(12)13-7-3-2-4-8-13)11-21-15-10-6-5-9-14(15)17/h5-6,9-10,13H,2-4,7-8,11,17H2,1H3. The number of benzene rings is 1. The highest BCUT2D eigenvalue weighted by atomic mass is 16.5. The summed E-state index contributed by atoms with van der Waals surface area (Å²) in [6.45, 7) is 2.42. The van der Waals surface area contributed by atoms with Crippen LogP contribution in [0.2, 0.25) is 0 Å². The quantitative estimate of drug-likeness (QED) is 0.876. The lowest BCUT2D eigenvalue weighted by atomic mass is 9.95. The van der Waals surface area contributed by atoms with Crippen LogP contribution in [0.1, 0.15) is 49.8 Å². The van der Waals surface area contributed by atoms with Gasteiger partial charge in [-0.3, -0.25) is 0 Å². The van der Waals surface area contributed by atoms with Gasteiger partial charge in [-0.25, -0.2) is 0 Å². The number of aromatic nitrogens is 3. The van der Waals surface area contributed by atoms with Gasteiger partial charge in [0.05, 0.1) is 5.69 Å². The van der Waals surface area contributed by atoms with Crippen LogP contribution in [0, 0.1) is 6.92 Å². The predicted molar refractivity (Wildman–Crippen MR) is 82.1 cm³/mol. The average molecular weight is 286 g/mol. The molecule has 0 aliphatic heterocycles. The zero-order chi connectivity index (χ0) is 14.7. The number of anilines is 1. The summed E-state index contributed by atoms with van der Waals surface area (Å²) in [4.78, 5) is 0. The molecule has 5 heteroatoms. The second-order valence-corrected chi connectivity index (χ2v) is 5.65. The first-order valence-corrected chi connectivity index (χ1v) is 7.63. The summed E-state index contributed by atoms with van der Waals surface area (Å²) >= 11 is 0. The molecule has 0 unspecified atom stereocenters. The first kappa shape index (κ1) is 13.9. The van der Waals surface area contributed by atoms with Crippen molar-refractivity contribution in [1.82, 2.24) is 14.8 Å². The van der Waals surface area contributed by atoms with Gasteiger partial charge in [-0.2, -0.15) is 0 Å². The van der Waals surface area contributed by atoms with E-state index in [1.54, 1.807) is 0 Å². The fourth-order valence-electron chi connectivity index (χ4n) is 3.08. The molecule has 0 atom stereocenters. The van der Waals surface area contributed by atoms with Gasteiger partial charge in [-0.05, 0) is 31.9 Å². The zero-order valence-electron chi connectivity index (χ0n) is 12.5. The Bertz CT molecular complexity index is 602. The summed E-state index contributed by atoms with van der Waals surface area (Å²) in [7, 11) is 0. The average Bonchev–Trinajstić information content (AvgIpc) is 2.88. The van der Waals surface area contributed by atoms with Gasteiger partial charge in [0.2, 0.25) is 0 Å². The van der Waals surface area contributed by atoms with Gasteiger partial charge in [0, 0.05) is 6.04 Å². The molecule has 21 heavy (non-hydrogen) atoms. The van der Waals surface area contributed by atoms with E-state index in [1.807, 2.05) is 31.2 Å². The van der Waals surface area contributed by atoms with E-state index in [2.05, 4.69) is 14.8 Å². The van der Waals surface area contributed by atoms with Gasteiger partial charge in [-0.15, -0.1) is 10.2 Å². The smallest absolute Gasteiger partial charge is 0.171 e. The van der Waals surface area contributed by atoms with Gasteiger partial charge in [-0.1, -0.05) is 31.4 Å². The largest absolute Gasteiger partial charge is 0.483 e. The lowest BCUT2D eigenvalue weighted by molar-refractivity contribution is 0.271. The second kappa shape index (κ2) is 6.16. The van der Waals surface area contributed by atoms with Crippen LogP contribution in [0.4, 0.5) is 5.69 Å². The lowest BCUT2D eigenvalue weighted by Gasteiger charge is -2.25. The number of hydrogen-bond donors (Lipinski definition) is 1. The Morgan fingerprint density at radius 1 is 1.19 bits per heavy atom. The van der Waals surface area contributed by atoms with Crippen molar-refractivity contribution in [2.45, 2.75) is 51.7 Å². The third kappa shape index (κ3) is 3.01. The zero-order valence-corrected chi connectivity index (χ0v) is 12.5. The van der Waals surface area contributed by atoms with Crippen LogP contribution in [-0.4, -0.2) is 14.8 Å². The SMILES string of the molecule is Cc1nnc(COc2ccccc2N)n1C1CCCCC1. The first-order chi connectivity index (χ1) is 10.3. The van der Waals surface area contributed by atoms with Crippen molar-refractivity contribution in [3.63, 3.8) is 0 Å². The van der Waals surface area contributed by atoms with E-state index in [0.29, 0.717) is 24.1 Å². The molecule has 1 aliphatic rings. The first-order valence-electron chi connectivity index (χ1n) is 7.63. The van der Waals surface area contributed by atoms with E-state index < -0.39 is 0 Å². The maximum Gasteiger partial charge on any atom is 0.171 e. The molecule has 0 spiro atoms. The molecule has 112 valence electrons. The normalized spacial score (nSPS) is 16.0. The highest BCUT2D eigenvalue weighted by molar-refractivity contribution is 5.51. The summed E-state index contributed by atoms with van der Waals surface area (Å²) in [5, 5.41) is 8.51. The molecule has 0 amide bonds. The maximum atomic E-state index is 5.90. The van der Waals surface area contributed by atoms with Crippen molar-refractivity contribution >= 4 is 5.69 Å². The molecule has 5 nitrogen and oxygen atoms in total. The number of nitrogen functional groups attached to an aromatic ring is 1. The highest BCUT2D eigenvalue weighted by Crippen LogP contribution is 2.30. The summed E-state index contributed by atoms with van der Waals surface area (Å²) in [5.74, 6) is 2.57. The van der Waals surface area contributed by atoms with Crippen molar-refractivity contribution in [2.75, 3.05) is 5.73 Å². The molecule has 1 aromatic carbocycles. The molecule has 1 aliphatic carbocycles. The molecule has 3 rings (SSSR count). The van der Waals surface area contributed by atoms with Crippen LogP contribution in [0.15, 0.2) is 24.3 Å². The van der Waals surface area contributed by atoms with Crippen molar-refractivity contribution in [2.24, 2.45) is 0 Å². The van der Waals surface area contributed by atoms with Crippen LogP contribution >= 0.6 is 0 Å². The predicted octanol–water partition coefficient (Wildman–Crippen LogP) is 3.25. The van der Waals surface area contributed by atoms with Crippen LogP contribution in [0.3, 0.4) is 0 Å². The van der Waals surface area contributed by atoms with E-state index in [-0.39, 0.29) is 0 Å². The summed E-state index contributed by atoms with van der Waals surface area (Å²) in [6.07, 6.45) is 6.32. The Hall–Kier alpha value is -2.04. The highest BCUT2D eigenvalue weighted by Gasteiger charge is 2.21. The lowest BCUT2D eigenvalue weighted by Crippen LogP contribution is -2.18. The molecule has 1 fully saturated rings. The molecule has 1 saturated carbocycles. The number of nitrogens with two attached hydrogens (primary N) is 1. The minimum Gasteiger partial charge on any atom is -0.483 e. The third-order valence-electron chi connectivity index (χ3n) is 4.15. The molecule has 0 saturated heterocycles. The number of para-hydroxylation sites is 2. The van der Waals surface area contributed by atoms with Crippen LogP contribution in [0.5, 0.6) is 5.75 Å². The minimum atomic E-state index is 0.408. The van der Waals surface area contributed by atoms with Crippen molar-refractivity contribution in [3.05, 3.63) is 35.9 Å². The van der Waals surface area contributed by atoms with Gasteiger partial charge >= 0.3 is 0 Å². The number of nitrogens with zero attached hydrogens (tertiary/aromatic N) is 3. The molecule has 0 radical (unpaired) electrons. The monoisotopic (exact) mass is 286 g/mol. The van der Waals surface area contributed by atoms with E-state index in [4.69, 9.17) is 10.5 Å². The Kier molecular flexibility index (Phi) is 4.08. The topological polar surface area (TPSA) is 66.0 Å². The molecular weight excluding hydrogens is 264 g/mol. The molecule has 2 aromatic rings. The van der Waals surface area contributed by atoms with Gasteiger partial charge in [0.25, 0.3) is 0 Å². The van der Waals surface area contributed by atoms with Crippen LogP contribution < -0.4 is 10.5 Å². The Morgan fingerprint density at radius 2 is 1.95 bits per heavy atom. The van der Waals surface area contributed by atoms with Crippen molar-refractivity contribution in [3.8, 4) is 5.75 Å². The van der Waals surface area contributed by atoms with Gasteiger partial charge in [0.15, 0.2) is 5.82 Å². The van der Waals surface area contributed by atoms with Crippen LogP contribution in [0.25, 0.3) is 0 Å². The summed E-state index contributed by atoms with van der Waals surface area (Å²) in [5.41, 5.74) is 6.55. The Labute approximate surface area is 125 Å². The van der Waals surface area contributed by atoms with E-state index in [0.717, 1.165) is 11.6 Å². The molecule has 2 N–H and O–H groups in total. The summed E-state index contributed by atoms with van der Waals surface area (Å²) in [6, 6.07) is 8.05. The molecule has 0 bridgehead atoms. The molecule has 1 aromatic heterocycles. The van der Waals surface area contributed by atoms with E-state index in [1.165, 1.54) is 32.1 Å². The molecular formula is C16H22N4O. The Balaban J connectivity index is 1.75. The van der Waals surface area contributed by atoms with Gasteiger partial charge in [0.1, 0.15) is 18.2 Å². The van der Waals surface area contributed by atoms with Crippen molar-refractivity contribution < 1.29 is 4.74 Å². The summed E-state index contributed by atoms with van der Waals surface area (Å²) < 4.78 is 8.07. The number of hydrogen-bond acceptors (Lipinski definition) is 4. The van der Waals surface area contributed by atoms with Crippen LogP contribution in [-0.2, 0) is 6.61 Å². The maximum absolute atomic E-state index is 5.90. The molecule has 1 heterocycles. The van der Waals surface area contributed by atoms with Crippen molar-refractivity contribution in [1.29, 1.82) is 0 Å². The third-order valence-corrected chi connectivity index (χ3v) is 4.15. The Morgan fingerprint density at radius 3 is 2.71 bits per heavy atom. The fraction of sp³-hybridized carbons (Fsp3) is 0.500. The fourth-order valence-corrected chi connectivity index (χ4v) is 3.08. The number of rotatable bonds is 4. The second-order valence-electron chi connectivity index (χ2n) is 5.65.